The lowest BCUT2D eigenvalue weighted by Crippen LogP contribution is -2.31. The maximum Gasteiger partial charge on any atom is 0.257 e. The van der Waals surface area contributed by atoms with E-state index in [1.54, 1.807) is 36.4 Å². The molecule has 0 atom stereocenters. The fraction of sp³-hybridized carbons (Fsp3) is 0.0625. The summed E-state index contributed by atoms with van der Waals surface area (Å²) in [7, 11) is 0. The zero-order valence-corrected chi connectivity index (χ0v) is 11.9. The molecule has 0 saturated carbocycles. The summed E-state index contributed by atoms with van der Waals surface area (Å²) in [6.45, 7) is -0.223. The van der Waals surface area contributed by atoms with Gasteiger partial charge in [0.2, 0.25) is 0 Å². The molecule has 0 fully saturated rings. The number of hydrogen-bond donors (Lipinski definition) is 1. The third kappa shape index (κ3) is 2.95. The second-order valence-corrected chi connectivity index (χ2v) is 4.92. The normalized spacial score (nSPS) is 15.8. The van der Waals surface area contributed by atoms with Crippen molar-refractivity contribution in [3.05, 3.63) is 92.5 Å². The fourth-order valence-electron chi connectivity index (χ4n) is 2.46. The van der Waals surface area contributed by atoms with Crippen LogP contribution in [0, 0.1) is 15.9 Å². The molecule has 3 rings (SSSR count). The molecule has 0 amide bonds. The Morgan fingerprint density at radius 3 is 2.65 bits per heavy atom. The van der Waals surface area contributed by atoms with Crippen LogP contribution in [0.3, 0.4) is 0 Å². The molecule has 1 aliphatic rings. The molecule has 2 aromatic rings. The van der Waals surface area contributed by atoms with E-state index >= 15 is 0 Å². The Morgan fingerprint density at radius 2 is 1.91 bits per heavy atom. The van der Waals surface area contributed by atoms with Gasteiger partial charge in [0.15, 0.2) is 0 Å². The van der Waals surface area contributed by atoms with Gasteiger partial charge in [-0.3, -0.25) is 15.3 Å². The Kier molecular flexibility index (Phi) is 3.86. The summed E-state index contributed by atoms with van der Waals surface area (Å²) in [5.74, 6) is -0.502. The predicted octanol–water partition coefficient (Wildman–Crippen LogP) is 1.42. The molecule has 0 unspecified atom stereocenters. The Labute approximate surface area is 130 Å². The average molecular weight is 313 g/mol. The van der Waals surface area contributed by atoms with Gasteiger partial charge < -0.3 is 0 Å². The van der Waals surface area contributed by atoms with Gasteiger partial charge in [-0.15, -0.1) is 0 Å². The van der Waals surface area contributed by atoms with Gasteiger partial charge in [-0.2, -0.15) is 0 Å². The third-order valence-corrected chi connectivity index (χ3v) is 3.38. The second-order valence-electron chi connectivity index (χ2n) is 4.92. The highest BCUT2D eigenvalue weighted by molar-refractivity contribution is 5.64. The van der Waals surface area contributed by atoms with Crippen molar-refractivity contribution in [2.24, 2.45) is 4.99 Å². The summed E-state index contributed by atoms with van der Waals surface area (Å²) in [5, 5.41) is 22.8. The van der Waals surface area contributed by atoms with Crippen molar-refractivity contribution in [1.29, 1.82) is 0 Å². The van der Waals surface area contributed by atoms with E-state index in [-0.39, 0.29) is 23.5 Å². The number of rotatable bonds is 2. The van der Waals surface area contributed by atoms with Crippen LogP contribution in [0.2, 0.25) is 0 Å². The van der Waals surface area contributed by atoms with Crippen molar-refractivity contribution in [3.63, 3.8) is 0 Å². The molecule has 6 nitrogen and oxygen atoms in total. The lowest BCUT2D eigenvalue weighted by Gasteiger charge is -2.19. The summed E-state index contributed by atoms with van der Waals surface area (Å²) in [6.07, 6.45) is 0.726. The zero-order chi connectivity index (χ0) is 16.4. The highest BCUT2D eigenvalue weighted by Gasteiger charge is 2.20. The summed E-state index contributed by atoms with van der Waals surface area (Å²) in [6, 6.07) is 12.8. The first kappa shape index (κ1) is 14.9. The Morgan fingerprint density at radius 1 is 1.22 bits per heavy atom. The molecule has 7 heteroatoms. The molecule has 0 radical (unpaired) electrons. The molecule has 0 saturated heterocycles. The van der Waals surface area contributed by atoms with Gasteiger partial charge in [-0.1, -0.05) is 30.3 Å². The van der Waals surface area contributed by atoms with E-state index < -0.39 is 10.7 Å². The minimum atomic E-state index is -0.636. The van der Waals surface area contributed by atoms with Crippen molar-refractivity contribution < 1.29 is 14.5 Å². The third-order valence-electron chi connectivity index (χ3n) is 3.38. The van der Waals surface area contributed by atoms with E-state index in [0.29, 0.717) is 10.6 Å². The van der Waals surface area contributed by atoms with Gasteiger partial charge in [0.1, 0.15) is 11.5 Å². The van der Waals surface area contributed by atoms with Crippen molar-refractivity contribution in [2.45, 2.75) is 0 Å². The van der Waals surface area contributed by atoms with Crippen LogP contribution in [-0.4, -0.2) is 21.7 Å². The molecule has 2 aromatic carbocycles. The summed E-state index contributed by atoms with van der Waals surface area (Å²) in [5.41, 5.74) is 0.477. The highest BCUT2D eigenvalue weighted by atomic mass is 19.1. The predicted molar refractivity (Wildman–Crippen MR) is 79.7 cm³/mol. The minimum Gasteiger partial charge on any atom is -0.288 e. The van der Waals surface area contributed by atoms with Crippen molar-refractivity contribution >= 4 is 5.70 Å². The van der Waals surface area contributed by atoms with E-state index in [0.717, 1.165) is 11.3 Å². The van der Waals surface area contributed by atoms with Crippen molar-refractivity contribution in [2.75, 3.05) is 6.54 Å². The summed E-state index contributed by atoms with van der Waals surface area (Å²) < 4.78 is 14.2. The van der Waals surface area contributed by atoms with E-state index in [2.05, 4.69) is 4.99 Å². The van der Waals surface area contributed by atoms with Crippen LogP contribution in [0.25, 0.3) is 5.70 Å². The molecular weight excluding hydrogens is 301 g/mol. The maximum atomic E-state index is 14.2. The van der Waals surface area contributed by atoms with Crippen LogP contribution in [-0.2, 0) is 0 Å². The maximum absolute atomic E-state index is 14.2. The van der Waals surface area contributed by atoms with E-state index in [1.165, 1.54) is 12.1 Å². The van der Waals surface area contributed by atoms with E-state index in [1.807, 2.05) is 0 Å². The molecule has 1 aliphatic heterocycles. The van der Waals surface area contributed by atoms with Gasteiger partial charge in [-0.05, 0) is 18.2 Å². The molecule has 0 aliphatic carbocycles. The Bertz CT molecular complexity index is 924. The van der Waals surface area contributed by atoms with Gasteiger partial charge in [0.25, 0.3) is 6.20 Å². The van der Waals surface area contributed by atoms with Crippen LogP contribution in [0.4, 0.5) is 4.39 Å². The molecule has 0 bridgehead atoms. The van der Waals surface area contributed by atoms with Crippen LogP contribution < -0.4 is 10.6 Å². The Hall–Kier alpha value is -3.06. The summed E-state index contributed by atoms with van der Waals surface area (Å²) >= 11 is 0. The SMILES string of the molecule is O=[N+]([O-])/C=C1\CN(O)C(c2ccccc2F)=c2ccccc2=N1. The monoisotopic (exact) mass is 313 g/mol. The van der Waals surface area contributed by atoms with E-state index in [4.69, 9.17) is 0 Å². The number of para-hydroxylation sites is 1. The Balaban J connectivity index is 2.36. The number of fused-ring (bicyclic) bond motifs is 1. The highest BCUT2D eigenvalue weighted by Crippen LogP contribution is 2.20. The molecule has 116 valence electrons. The molecule has 23 heavy (non-hydrogen) atoms. The van der Waals surface area contributed by atoms with Crippen molar-refractivity contribution in [1.82, 2.24) is 5.06 Å². The van der Waals surface area contributed by atoms with Gasteiger partial charge >= 0.3 is 0 Å². The second kappa shape index (κ2) is 5.98. The van der Waals surface area contributed by atoms with E-state index in [9.17, 15) is 19.7 Å². The number of benzene rings is 2. The molecule has 1 N–H and O–H groups in total. The van der Waals surface area contributed by atoms with Crippen molar-refractivity contribution in [3.8, 4) is 0 Å². The standard InChI is InChI=1S/C16H12FN3O3/c17-14-7-3-1-5-12(14)16-13-6-2-4-8-15(13)18-11(9-19(16)21)10-20(22)23/h1-8,10,21H,9H2/b11-10+. The van der Waals surface area contributed by atoms with Crippen LogP contribution in [0.15, 0.2) is 65.4 Å². The first-order chi connectivity index (χ1) is 11.1. The summed E-state index contributed by atoms with van der Waals surface area (Å²) in [4.78, 5) is 14.3. The zero-order valence-electron chi connectivity index (χ0n) is 11.9. The number of nitro groups is 1. The number of hydroxylamine groups is 2. The van der Waals surface area contributed by atoms with Crippen LogP contribution in [0.1, 0.15) is 5.56 Å². The molecule has 0 spiro atoms. The number of hydrogen-bond acceptors (Lipinski definition) is 5. The van der Waals surface area contributed by atoms with Gasteiger partial charge in [0.05, 0.1) is 22.5 Å². The first-order valence-electron chi connectivity index (χ1n) is 6.80. The minimum absolute atomic E-state index is 0.0660. The van der Waals surface area contributed by atoms with Crippen LogP contribution >= 0.6 is 0 Å². The largest absolute Gasteiger partial charge is 0.288 e. The van der Waals surface area contributed by atoms with Gasteiger partial charge in [-0.25, -0.2) is 14.4 Å². The quantitative estimate of drug-likeness (QED) is 0.672. The smallest absolute Gasteiger partial charge is 0.257 e. The van der Waals surface area contributed by atoms with Crippen LogP contribution in [0.5, 0.6) is 0 Å². The molecular formula is C16H12FN3O3. The average Bonchev–Trinajstić information content (AvgIpc) is 2.63. The lowest BCUT2D eigenvalue weighted by molar-refractivity contribution is -0.403. The molecule has 0 aromatic heterocycles. The topological polar surface area (TPSA) is 79.0 Å². The first-order valence-corrected chi connectivity index (χ1v) is 6.80. The number of halogens is 1. The fourth-order valence-corrected chi connectivity index (χ4v) is 2.46. The van der Waals surface area contributed by atoms with Gasteiger partial charge in [0, 0.05) is 10.8 Å². The molecule has 1 heterocycles. The number of nitrogens with zero attached hydrogens (tertiary/aromatic N) is 3. The lowest BCUT2D eigenvalue weighted by atomic mass is 10.1.